The zero-order valence-electron chi connectivity index (χ0n) is 11.3. The summed E-state index contributed by atoms with van der Waals surface area (Å²) in [5.41, 5.74) is -1.00. The number of halogens is 4. The zero-order chi connectivity index (χ0) is 14.9. The van der Waals surface area contributed by atoms with Gasteiger partial charge in [0.05, 0.1) is 0 Å². The highest BCUT2D eigenvalue weighted by Crippen LogP contribution is 2.31. The minimum Gasteiger partial charge on any atom is -0.352 e. The van der Waals surface area contributed by atoms with E-state index in [1.165, 1.54) is 0 Å². The van der Waals surface area contributed by atoms with Crippen LogP contribution in [0.25, 0.3) is 0 Å². The van der Waals surface area contributed by atoms with Crippen LogP contribution in [-0.2, 0) is 6.18 Å². The number of hydrogen-bond acceptors (Lipinski definition) is 4. The first-order chi connectivity index (χ1) is 9.27. The first-order valence-corrected chi connectivity index (χ1v) is 6.72. The predicted molar refractivity (Wildman–Crippen MR) is 71.0 cm³/mol. The highest BCUT2D eigenvalue weighted by Gasteiger charge is 2.34. The van der Waals surface area contributed by atoms with Crippen molar-refractivity contribution in [1.29, 1.82) is 0 Å². The molecule has 1 aliphatic rings. The van der Waals surface area contributed by atoms with Gasteiger partial charge in [0.25, 0.3) is 0 Å². The Labute approximate surface area is 120 Å². The summed E-state index contributed by atoms with van der Waals surface area (Å²) < 4.78 is 38.3. The van der Waals surface area contributed by atoms with Crippen LogP contribution in [-0.4, -0.2) is 47.6 Å². The summed E-state index contributed by atoms with van der Waals surface area (Å²) in [4.78, 5) is 11.2. The third-order valence-electron chi connectivity index (χ3n) is 3.32. The lowest BCUT2D eigenvalue weighted by Gasteiger charge is -2.29. The molecule has 1 saturated heterocycles. The fourth-order valence-corrected chi connectivity index (χ4v) is 2.59. The van der Waals surface area contributed by atoms with Crippen LogP contribution in [0.5, 0.6) is 0 Å². The molecule has 20 heavy (non-hydrogen) atoms. The minimum atomic E-state index is -4.52. The molecule has 0 aliphatic carbocycles. The molecule has 0 N–H and O–H groups in total. The van der Waals surface area contributed by atoms with Crippen molar-refractivity contribution in [2.75, 3.05) is 31.6 Å². The number of anilines is 1. The number of rotatable bonds is 1. The zero-order valence-corrected chi connectivity index (χ0v) is 12.0. The topological polar surface area (TPSA) is 32.3 Å². The van der Waals surface area contributed by atoms with E-state index < -0.39 is 11.9 Å². The Morgan fingerprint density at radius 1 is 1.30 bits per heavy atom. The van der Waals surface area contributed by atoms with Gasteiger partial charge in [-0.2, -0.15) is 13.2 Å². The van der Waals surface area contributed by atoms with Gasteiger partial charge in [-0.1, -0.05) is 0 Å². The molecule has 0 saturated carbocycles. The highest BCUT2D eigenvalue weighted by atomic mass is 35.5. The summed E-state index contributed by atoms with van der Waals surface area (Å²) >= 11 is 5.63. The standard InChI is InChI=1S/C12H16ClF3N4/c1-8-7-19(2)4-3-5-20(8)10-6-9(12(14,15)16)17-11(13)18-10/h6,8H,3-5,7H2,1-2H3. The van der Waals surface area contributed by atoms with Gasteiger partial charge in [0, 0.05) is 25.2 Å². The van der Waals surface area contributed by atoms with Crippen molar-refractivity contribution < 1.29 is 13.2 Å². The van der Waals surface area contributed by atoms with E-state index in [0.29, 0.717) is 6.54 Å². The number of nitrogens with zero attached hydrogens (tertiary/aromatic N) is 4. The molecule has 2 heterocycles. The average Bonchev–Trinajstić information content (AvgIpc) is 2.48. The molecule has 0 amide bonds. The van der Waals surface area contributed by atoms with Gasteiger partial charge in [-0.05, 0) is 38.5 Å². The predicted octanol–water partition coefficient (Wildman–Crippen LogP) is 2.68. The Morgan fingerprint density at radius 3 is 2.65 bits per heavy atom. The summed E-state index contributed by atoms with van der Waals surface area (Å²) in [6.45, 7) is 4.29. The normalized spacial score (nSPS) is 21.9. The summed E-state index contributed by atoms with van der Waals surface area (Å²) in [7, 11) is 1.99. The molecule has 0 bridgehead atoms. The van der Waals surface area contributed by atoms with Gasteiger partial charge in [0.1, 0.15) is 5.82 Å². The Kier molecular flexibility index (Phi) is 4.39. The molecule has 0 radical (unpaired) electrons. The van der Waals surface area contributed by atoms with E-state index in [9.17, 15) is 13.2 Å². The first kappa shape index (κ1) is 15.3. The molecule has 0 aromatic carbocycles. The van der Waals surface area contributed by atoms with Crippen molar-refractivity contribution in [2.45, 2.75) is 25.6 Å². The van der Waals surface area contributed by atoms with Gasteiger partial charge in [-0.3, -0.25) is 0 Å². The second kappa shape index (κ2) is 5.73. The van der Waals surface area contributed by atoms with Crippen LogP contribution in [0.1, 0.15) is 19.0 Å². The van der Waals surface area contributed by atoms with Crippen LogP contribution in [0.4, 0.5) is 19.0 Å². The fraction of sp³-hybridized carbons (Fsp3) is 0.667. The quantitative estimate of drug-likeness (QED) is 0.747. The molecule has 1 fully saturated rings. The van der Waals surface area contributed by atoms with Crippen molar-refractivity contribution in [3.8, 4) is 0 Å². The van der Waals surface area contributed by atoms with Crippen molar-refractivity contribution in [2.24, 2.45) is 0 Å². The third kappa shape index (κ3) is 3.52. The number of hydrogen-bond donors (Lipinski definition) is 0. The fourth-order valence-electron chi connectivity index (χ4n) is 2.41. The van der Waals surface area contributed by atoms with Crippen LogP contribution >= 0.6 is 11.6 Å². The molecular formula is C12H16ClF3N4. The van der Waals surface area contributed by atoms with Crippen molar-refractivity contribution in [3.05, 3.63) is 17.0 Å². The van der Waals surface area contributed by atoms with Crippen LogP contribution in [0.2, 0.25) is 5.28 Å². The number of likely N-dealkylation sites (N-methyl/N-ethyl adjacent to an activating group) is 1. The van der Waals surface area contributed by atoms with Gasteiger partial charge in [-0.25, -0.2) is 9.97 Å². The molecule has 1 unspecified atom stereocenters. The molecule has 1 aromatic rings. The van der Waals surface area contributed by atoms with E-state index >= 15 is 0 Å². The molecule has 1 aromatic heterocycles. The lowest BCUT2D eigenvalue weighted by atomic mass is 10.2. The van der Waals surface area contributed by atoms with Crippen molar-refractivity contribution in [3.63, 3.8) is 0 Å². The summed E-state index contributed by atoms with van der Waals surface area (Å²) in [5, 5.41) is -0.375. The van der Waals surface area contributed by atoms with Crippen LogP contribution < -0.4 is 4.90 Å². The van der Waals surface area contributed by atoms with E-state index in [2.05, 4.69) is 14.9 Å². The highest BCUT2D eigenvalue weighted by molar-refractivity contribution is 6.28. The Balaban J connectivity index is 2.34. The molecule has 4 nitrogen and oxygen atoms in total. The molecule has 8 heteroatoms. The van der Waals surface area contributed by atoms with Gasteiger partial charge in [0.15, 0.2) is 5.69 Å². The maximum Gasteiger partial charge on any atom is 0.433 e. The van der Waals surface area contributed by atoms with Gasteiger partial charge in [0.2, 0.25) is 5.28 Å². The largest absolute Gasteiger partial charge is 0.433 e. The smallest absolute Gasteiger partial charge is 0.352 e. The molecule has 1 aliphatic heterocycles. The lowest BCUT2D eigenvalue weighted by Crippen LogP contribution is -2.38. The summed E-state index contributed by atoms with van der Waals surface area (Å²) in [6.07, 6.45) is -3.66. The summed E-state index contributed by atoms with van der Waals surface area (Å²) in [6, 6.07) is 1.03. The van der Waals surface area contributed by atoms with Crippen molar-refractivity contribution >= 4 is 17.4 Å². The second-order valence-electron chi connectivity index (χ2n) is 5.04. The number of alkyl halides is 3. The van der Waals surface area contributed by atoms with Gasteiger partial charge >= 0.3 is 6.18 Å². The van der Waals surface area contributed by atoms with E-state index in [1.54, 1.807) is 0 Å². The van der Waals surface area contributed by atoms with E-state index in [0.717, 1.165) is 25.6 Å². The van der Waals surface area contributed by atoms with Crippen LogP contribution in [0.3, 0.4) is 0 Å². The van der Waals surface area contributed by atoms with Crippen LogP contribution in [0.15, 0.2) is 6.07 Å². The lowest BCUT2D eigenvalue weighted by molar-refractivity contribution is -0.141. The Hall–Kier alpha value is -1.08. The van der Waals surface area contributed by atoms with Crippen molar-refractivity contribution in [1.82, 2.24) is 14.9 Å². The molecule has 2 rings (SSSR count). The molecular weight excluding hydrogens is 293 g/mol. The summed E-state index contributed by atoms with van der Waals surface area (Å²) in [5.74, 6) is 0.236. The SMILES string of the molecule is CC1CN(C)CCCN1c1cc(C(F)(F)F)nc(Cl)n1. The molecule has 0 spiro atoms. The van der Waals surface area contributed by atoms with E-state index in [1.807, 2.05) is 18.9 Å². The maximum atomic E-state index is 12.8. The molecule has 1 atom stereocenters. The monoisotopic (exact) mass is 308 g/mol. The van der Waals surface area contributed by atoms with Crippen LogP contribution in [0, 0.1) is 0 Å². The minimum absolute atomic E-state index is 0.0644. The maximum absolute atomic E-state index is 12.8. The van der Waals surface area contributed by atoms with Gasteiger partial charge in [-0.15, -0.1) is 0 Å². The number of aromatic nitrogens is 2. The first-order valence-electron chi connectivity index (χ1n) is 6.34. The Bertz CT molecular complexity index is 480. The second-order valence-corrected chi connectivity index (χ2v) is 5.37. The van der Waals surface area contributed by atoms with Gasteiger partial charge < -0.3 is 9.80 Å². The average molecular weight is 309 g/mol. The third-order valence-corrected chi connectivity index (χ3v) is 3.49. The van der Waals surface area contributed by atoms with E-state index in [-0.39, 0.29) is 17.1 Å². The Morgan fingerprint density at radius 2 is 2.00 bits per heavy atom. The van der Waals surface area contributed by atoms with E-state index in [4.69, 9.17) is 11.6 Å². The molecule has 112 valence electrons.